The Bertz CT molecular complexity index is 262. The first-order valence-corrected chi connectivity index (χ1v) is 3.46. The number of hydrogen-bond donors (Lipinski definition) is 8. The van der Waals surface area contributed by atoms with Crippen molar-refractivity contribution >= 4 is 11.8 Å². The fraction of sp³-hybridized carbons (Fsp3) is 0.600. The number of aliphatic hydroxyl groups excluding tert-OH is 1. The molecule has 1 unspecified atom stereocenters. The van der Waals surface area contributed by atoms with Gasteiger partial charge in [-0.3, -0.25) is 5.41 Å². The van der Waals surface area contributed by atoms with E-state index in [9.17, 15) is 9.90 Å². The van der Waals surface area contributed by atoms with Crippen LogP contribution in [0.3, 0.4) is 0 Å². The van der Waals surface area contributed by atoms with Crippen molar-refractivity contribution in [2.75, 3.05) is 0 Å². The second kappa shape index (κ2) is 3.48. The number of carbonyl (C=O) groups is 1. The average molecular weight is 206 g/mol. The molecule has 0 spiro atoms. The highest BCUT2D eigenvalue weighted by molar-refractivity contribution is 5.87. The molecule has 82 valence electrons. The Morgan fingerprint density at radius 2 is 1.64 bits per heavy atom. The first-order valence-electron chi connectivity index (χ1n) is 3.46. The van der Waals surface area contributed by atoms with Gasteiger partial charge in [-0.2, -0.15) is 0 Å². The van der Waals surface area contributed by atoms with Crippen LogP contribution in [0.4, 0.5) is 0 Å². The zero-order valence-corrected chi connectivity index (χ0v) is 7.27. The van der Waals surface area contributed by atoms with Gasteiger partial charge in [-0.1, -0.05) is 0 Å². The van der Waals surface area contributed by atoms with Crippen LogP contribution in [-0.2, 0) is 4.79 Å². The van der Waals surface area contributed by atoms with Crippen molar-refractivity contribution in [1.82, 2.24) is 0 Å². The maximum absolute atomic E-state index is 10.6. The van der Waals surface area contributed by atoms with Gasteiger partial charge in [-0.25, -0.2) is 4.79 Å². The summed E-state index contributed by atoms with van der Waals surface area (Å²) in [6.45, 7) is 0. The predicted octanol–water partition coefficient (Wildman–Crippen LogP) is -4.40. The molecule has 0 amide bonds. The van der Waals surface area contributed by atoms with Gasteiger partial charge in [0.1, 0.15) is 17.6 Å². The number of nitrogens with one attached hydrogen (secondary N) is 1. The summed E-state index contributed by atoms with van der Waals surface area (Å²) in [6, 6.07) is 0. The Kier molecular flexibility index (Phi) is 3.16. The van der Waals surface area contributed by atoms with Gasteiger partial charge in [0, 0.05) is 0 Å². The molecule has 9 nitrogen and oxygen atoms in total. The molecule has 0 aromatic carbocycles. The number of aliphatic carboxylic acids is 1. The Balaban J connectivity index is 5.13. The van der Waals surface area contributed by atoms with Gasteiger partial charge in [0.15, 0.2) is 5.66 Å². The minimum absolute atomic E-state index is 0.823. The average Bonchev–Trinajstić information content (AvgIpc) is 2.01. The number of carboxylic acid groups (broad SMARTS) is 1. The molecule has 0 aromatic rings. The van der Waals surface area contributed by atoms with Crippen LogP contribution >= 0.6 is 0 Å². The zero-order valence-electron chi connectivity index (χ0n) is 7.27. The van der Waals surface area contributed by atoms with Crippen molar-refractivity contribution in [2.45, 2.75) is 17.4 Å². The van der Waals surface area contributed by atoms with Crippen molar-refractivity contribution in [2.24, 2.45) is 28.7 Å². The largest absolute Gasteiger partial charge is 0.479 e. The van der Waals surface area contributed by atoms with Crippen molar-refractivity contribution in [3.8, 4) is 0 Å². The molecule has 0 radical (unpaired) electrons. The van der Waals surface area contributed by atoms with Gasteiger partial charge in [0.25, 0.3) is 0 Å². The van der Waals surface area contributed by atoms with E-state index in [1.54, 1.807) is 0 Å². The topological polar surface area (TPSA) is 211 Å². The number of amidine groups is 1. The van der Waals surface area contributed by atoms with Crippen molar-refractivity contribution in [3.05, 3.63) is 0 Å². The van der Waals surface area contributed by atoms with E-state index in [1.807, 2.05) is 0 Å². The van der Waals surface area contributed by atoms with Gasteiger partial charge < -0.3 is 38.9 Å². The first-order chi connectivity index (χ1) is 6.05. The Labute approximate surface area is 79.3 Å². The highest BCUT2D eigenvalue weighted by Gasteiger charge is 2.52. The molecule has 0 heterocycles. The lowest BCUT2D eigenvalue weighted by molar-refractivity contribution is -0.147. The predicted molar refractivity (Wildman–Crippen MR) is 47.8 cm³/mol. The lowest BCUT2D eigenvalue weighted by atomic mass is 9.89. The van der Waals surface area contributed by atoms with Gasteiger partial charge >= 0.3 is 5.97 Å². The summed E-state index contributed by atoms with van der Waals surface area (Å²) in [7, 11) is 0. The minimum Gasteiger partial charge on any atom is -0.479 e. The van der Waals surface area contributed by atoms with Crippen LogP contribution in [0.15, 0.2) is 0 Å². The molecule has 0 saturated heterocycles. The third-order valence-electron chi connectivity index (χ3n) is 1.82. The number of carboxylic acids is 1. The second-order valence-electron chi connectivity index (χ2n) is 2.97. The van der Waals surface area contributed by atoms with E-state index in [0.29, 0.717) is 0 Å². The molecule has 0 aliphatic heterocycles. The molecule has 14 heavy (non-hydrogen) atoms. The highest BCUT2D eigenvalue weighted by atomic mass is 16.4. The van der Waals surface area contributed by atoms with Crippen LogP contribution in [0, 0.1) is 5.41 Å². The molecule has 0 saturated carbocycles. The zero-order chi connectivity index (χ0) is 11.7. The quantitative estimate of drug-likeness (QED) is 0.127. The van der Waals surface area contributed by atoms with Crippen molar-refractivity contribution < 1.29 is 15.0 Å². The Hall–Kier alpha value is -1.26. The fourth-order valence-electron chi connectivity index (χ4n) is 0.669. The second-order valence-corrected chi connectivity index (χ2v) is 2.97. The van der Waals surface area contributed by atoms with Crippen LogP contribution in [0.5, 0.6) is 0 Å². The first kappa shape index (κ1) is 12.7. The molecular weight excluding hydrogens is 192 g/mol. The van der Waals surface area contributed by atoms with Crippen LogP contribution in [-0.4, -0.2) is 39.4 Å². The van der Waals surface area contributed by atoms with Crippen LogP contribution in [0.2, 0.25) is 0 Å². The maximum Gasteiger partial charge on any atom is 0.342 e. The van der Waals surface area contributed by atoms with E-state index < -0.39 is 29.2 Å². The van der Waals surface area contributed by atoms with E-state index >= 15 is 0 Å². The Morgan fingerprint density at radius 1 is 1.29 bits per heavy atom. The molecule has 0 aliphatic carbocycles. The van der Waals surface area contributed by atoms with Gasteiger partial charge in [-0.15, -0.1) is 0 Å². The van der Waals surface area contributed by atoms with E-state index in [0.717, 1.165) is 0 Å². The van der Waals surface area contributed by atoms with Crippen LogP contribution < -0.4 is 28.7 Å². The highest BCUT2D eigenvalue weighted by Crippen LogP contribution is 2.11. The standard InChI is InChI=1S/C5H14N6O3/c6-2(7)1(12)4(8,9)5(10,11)3(13)14/h1,12H,8-11H2,(H3,6,7)(H,13,14). The van der Waals surface area contributed by atoms with Crippen LogP contribution in [0.1, 0.15) is 0 Å². The third-order valence-corrected chi connectivity index (χ3v) is 1.82. The van der Waals surface area contributed by atoms with Gasteiger partial charge in [0.05, 0.1) is 0 Å². The summed E-state index contributed by atoms with van der Waals surface area (Å²) in [5.41, 5.74) is 20.5. The van der Waals surface area contributed by atoms with E-state index in [4.69, 9.17) is 39.2 Å². The minimum atomic E-state index is -2.60. The summed E-state index contributed by atoms with van der Waals surface area (Å²) in [5.74, 6) is -2.54. The number of rotatable bonds is 4. The van der Waals surface area contributed by atoms with Gasteiger partial charge in [0.2, 0.25) is 0 Å². The summed E-state index contributed by atoms with van der Waals surface area (Å²) >= 11 is 0. The lowest BCUT2D eigenvalue weighted by Gasteiger charge is -2.39. The number of nitrogens with two attached hydrogens (primary N) is 5. The van der Waals surface area contributed by atoms with Gasteiger partial charge in [-0.05, 0) is 0 Å². The van der Waals surface area contributed by atoms with E-state index in [2.05, 4.69) is 0 Å². The lowest BCUT2D eigenvalue weighted by Crippen LogP contribution is -2.84. The summed E-state index contributed by atoms with van der Waals surface area (Å²) in [4.78, 5) is 10.6. The molecule has 0 rings (SSSR count). The smallest absolute Gasteiger partial charge is 0.342 e. The molecule has 9 heteroatoms. The number of hydrogen-bond acceptors (Lipinski definition) is 7. The molecule has 13 N–H and O–H groups in total. The van der Waals surface area contributed by atoms with Crippen molar-refractivity contribution in [3.63, 3.8) is 0 Å². The fourth-order valence-corrected chi connectivity index (χ4v) is 0.669. The number of aliphatic hydroxyl groups is 1. The summed E-state index contributed by atoms with van der Waals surface area (Å²) in [5, 5.41) is 24.6. The summed E-state index contributed by atoms with van der Waals surface area (Å²) in [6.07, 6.45) is -1.95. The molecule has 0 aromatic heterocycles. The molecule has 0 bridgehead atoms. The van der Waals surface area contributed by atoms with E-state index in [1.165, 1.54) is 0 Å². The Morgan fingerprint density at radius 3 is 1.86 bits per heavy atom. The normalized spacial score (nSPS) is 14.9. The SMILES string of the molecule is N=C(N)C(O)C(N)(N)C(N)(N)C(=O)O. The van der Waals surface area contributed by atoms with Crippen molar-refractivity contribution in [1.29, 1.82) is 5.41 Å². The molecule has 0 aliphatic rings. The van der Waals surface area contributed by atoms with Crippen LogP contribution in [0.25, 0.3) is 0 Å². The molecule has 0 fully saturated rings. The monoisotopic (exact) mass is 206 g/mol. The molecule has 1 atom stereocenters. The summed E-state index contributed by atoms with van der Waals surface area (Å²) < 4.78 is 0. The third kappa shape index (κ3) is 1.81. The van der Waals surface area contributed by atoms with E-state index in [-0.39, 0.29) is 0 Å². The molecular formula is C5H14N6O3. The maximum atomic E-state index is 10.6.